The van der Waals surface area contributed by atoms with Crippen molar-refractivity contribution in [2.75, 3.05) is 18.0 Å². The van der Waals surface area contributed by atoms with Gasteiger partial charge in [-0.1, -0.05) is 26.7 Å². The molecule has 3 heteroatoms. The van der Waals surface area contributed by atoms with Gasteiger partial charge >= 0.3 is 0 Å². The lowest BCUT2D eigenvalue weighted by atomic mass is 9.96. The van der Waals surface area contributed by atoms with Gasteiger partial charge in [0.15, 0.2) is 0 Å². The molecule has 0 bridgehead atoms. The van der Waals surface area contributed by atoms with E-state index in [2.05, 4.69) is 22.9 Å². The van der Waals surface area contributed by atoms with E-state index in [-0.39, 0.29) is 0 Å². The summed E-state index contributed by atoms with van der Waals surface area (Å²) in [6.07, 6.45) is 8.83. The van der Waals surface area contributed by atoms with Crippen LogP contribution < -0.4 is 4.90 Å². The summed E-state index contributed by atoms with van der Waals surface area (Å²) >= 11 is 0. The van der Waals surface area contributed by atoms with Gasteiger partial charge < -0.3 is 10.0 Å². The molecule has 1 unspecified atom stereocenters. The third-order valence-corrected chi connectivity index (χ3v) is 4.41. The Kier molecular flexibility index (Phi) is 5.84. The summed E-state index contributed by atoms with van der Waals surface area (Å²) in [7, 11) is 0. The summed E-state index contributed by atoms with van der Waals surface area (Å²) in [4.78, 5) is 6.87. The smallest absolute Gasteiger partial charge is 0.0957 e. The molecule has 0 spiro atoms. The van der Waals surface area contributed by atoms with Crippen LogP contribution in [0.2, 0.25) is 0 Å². The molecule has 1 aliphatic rings. The Morgan fingerprint density at radius 3 is 2.80 bits per heavy atom. The van der Waals surface area contributed by atoms with E-state index in [0.29, 0.717) is 0 Å². The first-order valence-electron chi connectivity index (χ1n) is 8.13. The average Bonchev–Trinajstić information content (AvgIpc) is 2.73. The van der Waals surface area contributed by atoms with E-state index in [4.69, 9.17) is 0 Å². The second-order valence-corrected chi connectivity index (χ2v) is 5.94. The van der Waals surface area contributed by atoms with Crippen LogP contribution in [0.1, 0.15) is 64.2 Å². The minimum absolute atomic E-state index is 0.429. The third-order valence-electron chi connectivity index (χ3n) is 4.41. The van der Waals surface area contributed by atoms with Crippen molar-refractivity contribution in [2.45, 2.75) is 58.5 Å². The Labute approximate surface area is 123 Å². The first-order valence-corrected chi connectivity index (χ1v) is 8.13. The van der Waals surface area contributed by atoms with Crippen molar-refractivity contribution in [2.24, 2.45) is 5.92 Å². The van der Waals surface area contributed by atoms with Crippen molar-refractivity contribution < 1.29 is 5.11 Å². The Morgan fingerprint density at radius 2 is 2.15 bits per heavy atom. The standard InChI is InChI=1S/C17H28N2O/c1-3-6-14-7-5-11-19(12-10-14)15-8-9-16(18-13-15)17(20)4-2/h8-9,13-14,17,20H,3-7,10-12H2,1-2H3/t14?,17-/m0/s1. The maximum Gasteiger partial charge on any atom is 0.0957 e. The number of hydrogen-bond acceptors (Lipinski definition) is 3. The molecule has 0 saturated carbocycles. The van der Waals surface area contributed by atoms with Gasteiger partial charge in [0.05, 0.1) is 23.7 Å². The molecule has 2 rings (SSSR count). The molecule has 1 saturated heterocycles. The van der Waals surface area contributed by atoms with Crippen molar-refractivity contribution in [1.82, 2.24) is 4.98 Å². The SMILES string of the molecule is CCCC1CCCN(c2ccc([C@@H](O)CC)nc2)CC1. The molecular formula is C17H28N2O. The summed E-state index contributed by atoms with van der Waals surface area (Å²) in [5.41, 5.74) is 1.99. The number of hydrogen-bond donors (Lipinski definition) is 1. The monoisotopic (exact) mass is 276 g/mol. The quantitative estimate of drug-likeness (QED) is 0.885. The van der Waals surface area contributed by atoms with E-state index in [1.54, 1.807) is 0 Å². The number of anilines is 1. The van der Waals surface area contributed by atoms with Crippen molar-refractivity contribution in [1.29, 1.82) is 0 Å². The van der Waals surface area contributed by atoms with Gasteiger partial charge in [-0.15, -0.1) is 0 Å². The summed E-state index contributed by atoms with van der Waals surface area (Å²) in [6, 6.07) is 4.08. The van der Waals surface area contributed by atoms with Crippen LogP contribution in [-0.4, -0.2) is 23.2 Å². The lowest BCUT2D eigenvalue weighted by molar-refractivity contribution is 0.169. The number of aliphatic hydroxyl groups is 1. The predicted molar refractivity (Wildman–Crippen MR) is 83.9 cm³/mol. The van der Waals surface area contributed by atoms with Crippen LogP contribution in [0.25, 0.3) is 0 Å². The van der Waals surface area contributed by atoms with Gasteiger partial charge in [-0.25, -0.2) is 0 Å². The highest BCUT2D eigenvalue weighted by molar-refractivity contribution is 5.44. The number of aromatic nitrogens is 1. The van der Waals surface area contributed by atoms with Crippen molar-refractivity contribution in [3.63, 3.8) is 0 Å². The Balaban J connectivity index is 1.97. The number of nitrogens with zero attached hydrogens (tertiary/aromatic N) is 2. The fraction of sp³-hybridized carbons (Fsp3) is 0.706. The van der Waals surface area contributed by atoms with Crippen LogP contribution in [0.5, 0.6) is 0 Å². The van der Waals surface area contributed by atoms with Crippen molar-refractivity contribution in [3.8, 4) is 0 Å². The third kappa shape index (κ3) is 3.95. The van der Waals surface area contributed by atoms with Gasteiger partial charge in [-0.05, 0) is 43.7 Å². The van der Waals surface area contributed by atoms with E-state index in [1.165, 1.54) is 37.8 Å². The largest absolute Gasteiger partial charge is 0.387 e. The molecule has 1 aromatic rings. The van der Waals surface area contributed by atoms with E-state index >= 15 is 0 Å². The molecule has 1 fully saturated rings. The van der Waals surface area contributed by atoms with Crippen molar-refractivity contribution >= 4 is 5.69 Å². The molecule has 1 N–H and O–H groups in total. The lowest BCUT2D eigenvalue weighted by Crippen LogP contribution is -2.24. The first kappa shape index (κ1) is 15.3. The van der Waals surface area contributed by atoms with Crippen LogP contribution >= 0.6 is 0 Å². The average molecular weight is 276 g/mol. The lowest BCUT2D eigenvalue weighted by Gasteiger charge is -2.23. The predicted octanol–water partition coefficient (Wildman–Crippen LogP) is 3.93. The molecule has 0 aliphatic carbocycles. The summed E-state index contributed by atoms with van der Waals surface area (Å²) in [5, 5.41) is 9.79. The van der Waals surface area contributed by atoms with E-state index in [0.717, 1.165) is 31.1 Å². The molecule has 2 heterocycles. The number of pyridine rings is 1. The van der Waals surface area contributed by atoms with E-state index in [9.17, 15) is 5.11 Å². The van der Waals surface area contributed by atoms with Gasteiger partial charge in [0.25, 0.3) is 0 Å². The molecular weight excluding hydrogens is 248 g/mol. The molecule has 0 aromatic carbocycles. The van der Waals surface area contributed by atoms with E-state index in [1.807, 2.05) is 19.2 Å². The second kappa shape index (κ2) is 7.63. The molecule has 3 nitrogen and oxygen atoms in total. The minimum Gasteiger partial charge on any atom is -0.387 e. The second-order valence-electron chi connectivity index (χ2n) is 5.94. The Morgan fingerprint density at radius 1 is 1.30 bits per heavy atom. The van der Waals surface area contributed by atoms with Gasteiger partial charge in [-0.3, -0.25) is 4.98 Å². The topological polar surface area (TPSA) is 36.4 Å². The van der Waals surface area contributed by atoms with Crippen LogP contribution in [-0.2, 0) is 0 Å². The maximum absolute atomic E-state index is 9.79. The Bertz CT molecular complexity index is 390. The highest BCUT2D eigenvalue weighted by Crippen LogP contribution is 2.25. The van der Waals surface area contributed by atoms with Gasteiger partial charge in [0.1, 0.15) is 0 Å². The number of rotatable bonds is 5. The van der Waals surface area contributed by atoms with Gasteiger partial charge in [-0.2, -0.15) is 0 Å². The summed E-state index contributed by atoms with van der Waals surface area (Å²) in [6.45, 7) is 6.53. The fourth-order valence-electron chi connectivity index (χ4n) is 3.11. The van der Waals surface area contributed by atoms with Crippen LogP contribution in [0.15, 0.2) is 18.3 Å². The van der Waals surface area contributed by atoms with E-state index < -0.39 is 6.10 Å². The molecule has 1 aromatic heterocycles. The highest BCUT2D eigenvalue weighted by atomic mass is 16.3. The van der Waals surface area contributed by atoms with Crippen LogP contribution in [0, 0.1) is 5.92 Å². The molecule has 0 radical (unpaired) electrons. The zero-order chi connectivity index (χ0) is 14.4. The number of aliphatic hydroxyl groups excluding tert-OH is 1. The van der Waals surface area contributed by atoms with Gasteiger partial charge in [0, 0.05) is 13.1 Å². The normalized spacial score (nSPS) is 21.6. The zero-order valence-corrected chi connectivity index (χ0v) is 12.9. The first-order chi connectivity index (χ1) is 9.74. The van der Waals surface area contributed by atoms with Crippen LogP contribution in [0.3, 0.4) is 0 Å². The fourth-order valence-corrected chi connectivity index (χ4v) is 3.11. The maximum atomic E-state index is 9.79. The Hall–Kier alpha value is -1.09. The highest BCUT2D eigenvalue weighted by Gasteiger charge is 2.17. The minimum atomic E-state index is -0.429. The summed E-state index contributed by atoms with van der Waals surface area (Å²) in [5.74, 6) is 0.902. The zero-order valence-electron chi connectivity index (χ0n) is 12.9. The molecule has 0 amide bonds. The van der Waals surface area contributed by atoms with Crippen LogP contribution in [0.4, 0.5) is 5.69 Å². The molecule has 112 valence electrons. The van der Waals surface area contributed by atoms with Gasteiger partial charge in [0.2, 0.25) is 0 Å². The molecule has 1 aliphatic heterocycles. The molecule has 20 heavy (non-hydrogen) atoms. The molecule has 2 atom stereocenters. The van der Waals surface area contributed by atoms with Crippen molar-refractivity contribution in [3.05, 3.63) is 24.0 Å². The summed E-state index contributed by atoms with van der Waals surface area (Å²) < 4.78 is 0.